The van der Waals surface area contributed by atoms with Crippen LogP contribution in [0.25, 0.3) is 0 Å². The Morgan fingerprint density at radius 1 is 0.387 bits per heavy atom. The predicted molar refractivity (Wildman–Crippen MR) is 406 cm³/mol. The van der Waals surface area contributed by atoms with E-state index < -0.39 is 20.0 Å². The van der Waals surface area contributed by atoms with Crippen molar-refractivity contribution in [1.82, 2.24) is 5.32 Å². The average Bonchev–Trinajstić information content (AvgIpc) is 2.31. The first-order chi connectivity index (χ1) is 45.4. The van der Waals surface area contributed by atoms with E-state index in [1.165, 1.54) is 225 Å². The Morgan fingerprint density at radius 2 is 0.688 bits per heavy atom. The molecule has 3 unspecified atom stereocenters. The van der Waals surface area contributed by atoms with Gasteiger partial charge in [0, 0.05) is 12.8 Å². The van der Waals surface area contributed by atoms with Crippen molar-refractivity contribution in [1.29, 1.82) is 0 Å². The summed E-state index contributed by atoms with van der Waals surface area (Å²) in [7, 11) is 1.49. The summed E-state index contributed by atoms with van der Waals surface area (Å²) in [6, 6.07) is -0.859. The molecule has 1 amide bonds. The number of allylic oxidation sites excluding steroid dienone is 15. The first-order valence-electron chi connectivity index (χ1n) is 39.6. The number of likely N-dealkylation sites (N-methyl/N-ethyl adjacent to an activating group) is 1. The third-order valence-corrected chi connectivity index (χ3v) is 18.5. The number of phosphoric acid groups is 1. The molecule has 0 aliphatic heterocycles. The van der Waals surface area contributed by atoms with E-state index in [1.54, 1.807) is 0 Å². The number of hydrogen-bond acceptors (Lipinski definition) is 6. The minimum atomic E-state index is -4.47. The minimum absolute atomic E-state index is 0.0361. The second-order valence-corrected chi connectivity index (χ2v) is 29.3. The standard InChI is InChI=1S/C83H151N2O7P/c1-7-10-13-16-19-22-25-28-30-32-34-36-38-40-42-44-46-48-50-52-54-57-60-63-66-69-72-75-82(86)84-80(79-91-93(88,89)90-78-77-85(4,5)6)81(74-71-68-65-62-59-56-27-24-21-18-15-12-9-3)92-83(87)76-73-70-67-64-61-58-55-53-51-49-47-45-43-41-39-37-35-33-31-29-26-23-20-17-14-11-8-2/h10,13,19,22,28-31,34,36,40,42,46,48,71,74,80-81H,7-9,11-12,14-18,20-21,23-27,32-33,35,37-39,41,43-45,47,49-70,72-73,75-79H2,1-6H3,(H-,84,86,88,89)/p+1/b13-10-,22-19-,30-28-,31-29+,36-34-,42-40-,48-46-,74-71+. The van der Waals surface area contributed by atoms with Gasteiger partial charge >= 0.3 is 13.8 Å². The molecule has 0 spiro atoms. The predicted octanol–water partition coefficient (Wildman–Crippen LogP) is 25.8. The number of carbonyl (C=O) groups excluding carboxylic acids is 2. The number of esters is 1. The van der Waals surface area contributed by atoms with Gasteiger partial charge in [-0.2, -0.15) is 0 Å². The highest BCUT2D eigenvalue weighted by molar-refractivity contribution is 7.47. The van der Waals surface area contributed by atoms with Crippen LogP contribution >= 0.6 is 7.82 Å². The van der Waals surface area contributed by atoms with Gasteiger partial charge in [0.25, 0.3) is 0 Å². The van der Waals surface area contributed by atoms with Crippen LogP contribution in [0.15, 0.2) is 97.2 Å². The summed E-state index contributed by atoms with van der Waals surface area (Å²) >= 11 is 0. The maximum Gasteiger partial charge on any atom is 0.472 e. The van der Waals surface area contributed by atoms with Crippen LogP contribution in [0.3, 0.4) is 0 Å². The van der Waals surface area contributed by atoms with E-state index in [1.807, 2.05) is 33.3 Å². The second kappa shape index (κ2) is 71.7. The SMILES string of the molecule is CC/C=C\C/C=C\C/C=C\C/C=C\C/C=C\C/C=C\CCCCCCCCCCC(=O)NC(COP(=O)(O)OCC[N+](C)(C)C)C(/C=C/CCCCCCCCCCCCC)OC(=O)CCCCCCCCCCCCCCCCCCC/C=C/CCCCCCCC. The number of ether oxygens (including phenoxy) is 1. The van der Waals surface area contributed by atoms with Gasteiger partial charge in [0.1, 0.15) is 19.3 Å². The molecular weight excluding hydrogens is 1170 g/mol. The molecule has 0 saturated carbocycles. The molecule has 0 aliphatic rings. The summed E-state index contributed by atoms with van der Waals surface area (Å²) in [6.07, 6.45) is 98.7. The summed E-state index contributed by atoms with van der Waals surface area (Å²) in [5, 5.41) is 3.08. The highest BCUT2D eigenvalue weighted by Gasteiger charge is 2.30. The number of carbonyl (C=O) groups is 2. The highest BCUT2D eigenvalue weighted by Crippen LogP contribution is 2.43. The number of rotatable bonds is 72. The van der Waals surface area contributed by atoms with Crippen LogP contribution in [-0.4, -0.2) is 74.3 Å². The third kappa shape index (κ3) is 73.0. The normalized spacial score (nSPS) is 13.9. The number of hydrogen-bond donors (Lipinski definition) is 2. The van der Waals surface area contributed by atoms with Crippen molar-refractivity contribution >= 4 is 19.7 Å². The summed E-state index contributed by atoms with van der Waals surface area (Å²) in [5.74, 6) is -0.503. The number of amides is 1. The van der Waals surface area contributed by atoms with Gasteiger partial charge in [0.2, 0.25) is 5.91 Å². The fourth-order valence-electron chi connectivity index (χ4n) is 11.5. The van der Waals surface area contributed by atoms with Crippen LogP contribution < -0.4 is 5.32 Å². The lowest BCUT2D eigenvalue weighted by molar-refractivity contribution is -0.870. The van der Waals surface area contributed by atoms with E-state index in [-0.39, 0.29) is 31.5 Å². The second-order valence-electron chi connectivity index (χ2n) is 27.9. The van der Waals surface area contributed by atoms with Crippen LogP contribution in [0, 0.1) is 0 Å². The monoisotopic (exact) mass is 1320 g/mol. The molecule has 0 aromatic heterocycles. The van der Waals surface area contributed by atoms with E-state index in [0.717, 1.165) is 109 Å². The van der Waals surface area contributed by atoms with Crippen LogP contribution in [0.4, 0.5) is 0 Å². The minimum Gasteiger partial charge on any atom is -0.456 e. The summed E-state index contributed by atoms with van der Waals surface area (Å²) < 4.78 is 30.9. The lowest BCUT2D eigenvalue weighted by Gasteiger charge is -2.27. The number of nitrogens with zero attached hydrogens (tertiary/aromatic N) is 1. The Morgan fingerprint density at radius 3 is 1.04 bits per heavy atom. The lowest BCUT2D eigenvalue weighted by atomic mass is 10.0. The summed E-state index contributed by atoms with van der Waals surface area (Å²) in [4.78, 5) is 38.1. The van der Waals surface area contributed by atoms with Gasteiger partial charge in [-0.15, -0.1) is 0 Å². The van der Waals surface area contributed by atoms with Crippen molar-refractivity contribution in [2.45, 2.75) is 380 Å². The Kier molecular flexibility index (Phi) is 69.3. The molecule has 10 heteroatoms. The molecule has 2 N–H and O–H groups in total. The fraction of sp³-hybridized carbons (Fsp3) is 0.783. The van der Waals surface area contributed by atoms with E-state index in [9.17, 15) is 19.0 Å². The van der Waals surface area contributed by atoms with Gasteiger partial charge in [-0.1, -0.05) is 343 Å². The van der Waals surface area contributed by atoms with E-state index >= 15 is 0 Å². The first kappa shape index (κ1) is 89.9. The van der Waals surface area contributed by atoms with Crippen LogP contribution in [-0.2, 0) is 27.9 Å². The molecule has 0 fully saturated rings. The topological polar surface area (TPSA) is 111 Å². The quantitative estimate of drug-likeness (QED) is 0.0205. The number of unbranched alkanes of at least 4 members (excludes halogenated alkanes) is 42. The summed E-state index contributed by atoms with van der Waals surface area (Å²) in [6.45, 7) is 6.93. The number of quaternary nitrogens is 1. The molecule has 93 heavy (non-hydrogen) atoms. The molecule has 0 aliphatic carbocycles. The maximum absolute atomic E-state index is 13.7. The maximum atomic E-state index is 13.7. The molecule has 0 radical (unpaired) electrons. The van der Waals surface area contributed by atoms with Crippen molar-refractivity contribution < 1.29 is 37.3 Å². The third-order valence-electron chi connectivity index (χ3n) is 17.5. The van der Waals surface area contributed by atoms with Gasteiger partial charge in [0.05, 0.1) is 33.8 Å². The van der Waals surface area contributed by atoms with E-state index in [0.29, 0.717) is 17.4 Å². The van der Waals surface area contributed by atoms with Gasteiger partial charge < -0.3 is 19.4 Å². The van der Waals surface area contributed by atoms with Crippen molar-refractivity contribution in [3.63, 3.8) is 0 Å². The van der Waals surface area contributed by atoms with Gasteiger partial charge in [-0.05, 0) is 109 Å². The van der Waals surface area contributed by atoms with Crippen LogP contribution in [0.5, 0.6) is 0 Å². The van der Waals surface area contributed by atoms with Gasteiger partial charge in [-0.3, -0.25) is 18.6 Å². The molecule has 0 rings (SSSR count). The van der Waals surface area contributed by atoms with Crippen LogP contribution in [0.2, 0.25) is 0 Å². The summed E-state index contributed by atoms with van der Waals surface area (Å²) in [5.41, 5.74) is 0. The van der Waals surface area contributed by atoms with Crippen molar-refractivity contribution in [2.24, 2.45) is 0 Å². The fourth-order valence-corrected chi connectivity index (χ4v) is 12.2. The van der Waals surface area contributed by atoms with Gasteiger partial charge in [-0.25, -0.2) is 4.57 Å². The Hall–Kier alpha value is -3.07. The highest BCUT2D eigenvalue weighted by atomic mass is 31.2. The average molecular weight is 1320 g/mol. The Bertz CT molecular complexity index is 1910. The molecular formula is C83H152N2O7P+. The van der Waals surface area contributed by atoms with E-state index in [2.05, 4.69) is 111 Å². The Labute approximate surface area is 577 Å². The zero-order valence-corrected chi connectivity index (χ0v) is 62.9. The molecule has 3 atom stereocenters. The number of phosphoric ester groups is 1. The van der Waals surface area contributed by atoms with Crippen molar-refractivity contribution in [3.05, 3.63) is 97.2 Å². The van der Waals surface area contributed by atoms with E-state index in [4.69, 9.17) is 13.8 Å². The molecule has 0 saturated heterocycles. The largest absolute Gasteiger partial charge is 0.472 e. The zero-order chi connectivity index (χ0) is 67.8. The zero-order valence-electron chi connectivity index (χ0n) is 62.0. The molecule has 0 aromatic carbocycles. The van der Waals surface area contributed by atoms with Gasteiger partial charge in [0.15, 0.2) is 0 Å². The molecule has 540 valence electrons. The van der Waals surface area contributed by atoms with Crippen LogP contribution in [0.1, 0.15) is 367 Å². The van der Waals surface area contributed by atoms with Crippen molar-refractivity contribution in [3.8, 4) is 0 Å². The smallest absolute Gasteiger partial charge is 0.456 e. The molecule has 0 aromatic rings. The molecule has 0 bridgehead atoms. The van der Waals surface area contributed by atoms with Crippen molar-refractivity contribution in [2.75, 3.05) is 40.9 Å². The Balaban J connectivity index is 4.99. The first-order valence-corrected chi connectivity index (χ1v) is 41.1. The number of nitrogens with one attached hydrogen (secondary N) is 1. The molecule has 0 heterocycles. The molecule has 9 nitrogen and oxygen atoms in total. The lowest BCUT2D eigenvalue weighted by Crippen LogP contribution is -2.47.